The predicted octanol–water partition coefficient (Wildman–Crippen LogP) is 4.50. The number of benzene rings is 1. The Balaban J connectivity index is 2.15. The average Bonchev–Trinajstić information content (AvgIpc) is 2.59. The molecule has 2 atom stereocenters. The highest BCUT2D eigenvalue weighted by Crippen LogP contribution is 2.32. The number of rotatable bonds is 5. The summed E-state index contributed by atoms with van der Waals surface area (Å²) in [5, 5.41) is 0. The van der Waals surface area contributed by atoms with Crippen molar-refractivity contribution in [2.45, 2.75) is 20.5 Å². The Morgan fingerprint density at radius 1 is 1.10 bits per heavy atom. The van der Waals surface area contributed by atoms with Crippen LogP contribution in [0, 0.1) is 11.8 Å². The van der Waals surface area contributed by atoms with E-state index in [1.807, 2.05) is 18.2 Å². The number of hydrogen-bond donors (Lipinski definition) is 0. The molecule has 0 heterocycles. The smallest absolute Gasteiger partial charge is 0.123 e. The monoisotopic (exact) mass is 284 g/mol. The van der Waals surface area contributed by atoms with E-state index in [-0.39, 0.29) is 0 Å². The molecule has 112 valence electrons. The quantitative estimate of drug-likeness (QED) is 0.792. The van der Waals surface area contributed by atoms with Crippen molar-refractivity contribution in [3.8, 4) is 0 Å². The minimum atomic E-state index is 0.362. The van der Waals surface area contributed by atoms with E-state index in [0.717, 1.165) is 22.5 Å². The number of allylic oxidation sites excluding steroid dienone is 2. The first kappa shape index (κ1) is 15.6. The number of hydrogen-bond acceptors (Lipinski definition) is 2. The van der Waals surface area contributed by atoms with E-state index < -0.39 is 0 Å². The van der Waals surface area contributed by atoms with Crippen molar-refractivity contribution < 1.29 is 9.47 Å². The molecule has 2 heteroatoms. The minimum absolute atomic E-state index is 0.362. The topological polar surface area (TPSA) is 18.5 Å². The number of methoxy groups -OCH3 is 1. The zero-order chi connectivity index (χ0) is 15.2. The molecule has 21 heavy (non-hydrogen) atoms. The first-order valence-electron chi connectivity index (χ1n) is 7.39. The summed E-state index contributed by atoms with van der Waals surface area (Å²) in [6.45, 7) is 9.79. The summed E-state index contributed by atoms with van der Waals surface area (Å²) >= 11 is 0. The lowest BCUT2D eigenvalue weighted by molar-refractivity contribution is 0.199. The van der Waals surface area contributed by atoms with Crippen LogP contribution in [0.2, 0.25) is 0 Å². The molecule has 0 fully saturated rings. The van der Waals surface area contributed by atoms with Gasteiger partial charge in [0, 0.05) is 7.11 Å². The summed E-state index contributed by atoms with van der Waals surface area (Å²) in [4.78, 5) is 0. The van der Waals surface area contributed by atoms with Gasteiger partial charge in [-0.05, 0) is 34.6 Å². The Hall–Kier alpha value is -1.80. The van der Waals surface area contributed by atoms with Gasteiger partial charge in [-0.2, -0.15) is 0 Å². The van der Waals surface area contributed by atoms with Crippen LogP contribution in [0.3, 0.4) is 0 Å². The summed E-state index contributed by atoms with van der Waals surface area (Å²) in [6, 6.07) is 10.2. The van der Waals surface area contributed by atoms with Crippen LogP contribution in [0.25, 0.3) is 0 Å². The van der Waals surface area contributed by atoms with Gasteiger partial charge in [0.15, 0.2) is 0 Å². The predicted molar refractivity (Wildman–Crippen MR) is 86.7 cm³/mol. The molecule has 0 saturated carbocycles. The van der Waals surface area contributed by atoms with Crippen LogP contribution >= 0.6 is 0 Å². The van der Waals surface area contributed by atoms with Gasteiger partial charge < -0.3 is 9.47 Å². The summed E-state index contributed by atoms with van der Waals surface area (Å²) in [5.41, 5.74) is 3.37. The van der Waals surface area contributed by atoms with E-state index in [1.165, 1.54) is 0 Å². The van der Waals surface area contributed by atoms with Gasteiger partial charge in [0.25, 0.3) is 0 Å². The number of ether oxygens (including phenoxy) is 2. The maximum atomic E-state index is 6.02. The standard InChI is InChI=1S/C19H24O2/c1-14-10-18(12-20-4)11-19(16(3)15(14)2)21-13-17-8-6-5-7-9-17/h5-11,14-15H,3,12-13H2,1-2,4H3. The van der Waals surface area contributed by atoms with Crippen molar-refractivity contribution in [2.75, 3.05) is 13.7 Å². The zero-order valence-corrected chi connectivity index (χ0v) is 13.1. The molecular weight excluding hydrogens is 260 g/mol. The van der Waals surface area contributed by atoms with Gasteiger partial charge in [0.05, 0.1) is 6.61 Å². The SMILES string of the molecule is C=C1C(OCc2ccccc2)=CC(COC)=CC(C)C1C. The van der Waals surface area contributed by atoms with Gasteiger partial charge in [-0.3, -0.25) is 0 Å². The molecule has 2 rings (SSSR count). The lowest BCUT2D eigenvalue weighted by atomic mass is 9.89. The van der Waals surface area contributed by atoms with Crippen LogP contribution < -0.4 is 0 Å². The molecule has 1 aliphatic rings. The Kier molecular flexibility index (Phi) is 5.40. The molecule has 2 unspecified atom stereocenters. The normalized spacial score (nSPS) is 22.3. The second-order valence-electron chi connectivity index (χ2n) is 5.63. The Bertz CT molecular complexity index is 540. The summed E-state index contributed by atoms with van der Waals surface area (Å²) < 4.78 is 11.3. The van der Waals surface area contributed by atoms with Crippen molar-refractivity contribution in [1.29, 1.82) is 0 Å². The highest BCUT2D eigenvalue weighted by atomic mass is 16.5. The third-order valence-electron chi connectivity index (χ3n) is 4.00. The van der Waals surface area contributed by atoms with Crippen molar-refractivity contribution in [3.05, 3.63) is 71.5 Å². The molecule has 0 radical (unpaired) electrons. The van der Waals surface area contributed by atoms with Crippen molar-refractivity contribution >= 4 is 0 Å². The Morgan fingerprint density at radius 2 is 1.81 bits per heavy atom. The van der Waals surface area contributed by atoms with Crippen LogP contribution in [0.4, 0.5) is 0 Å². The maximum Gasteiger partial charge on any atom is 0.123 e. The molecule has 2 nitrogen and oxygen atoms in total. The molecule has 0 bridgehead atoms. The van der Waals surface area contributed by atoms with E-state index in [9.17, 15) is 0 Å². The van der Waals surface area contributed by atoms with Crippen LogP contribution in [-0.2, 0) is 16.1 Å². The lowest BCUT2D eigenvalue weighted by Gasteiger charge is -2.20. The van der Waals surface area contributed by atoms with E-state index in [0.29, 0.717) is 25.0 Å². The summed E-state index contributed by atoms with van der Waals surface area (Å²) in [6.07, 6.45) is 4.31. The van der Waals surface area contributed by atoms with E-state index >= 15 is 0 Å². The molecule has 0 N–H and O–H groups in total. The van der Waals surface area contributed by atoms with Crippen molar-refractivity contribution in [2.24, 2.45) is 11.8 Å². The highest BCUT2D eigenvalue weighted by Gasteiger charge is 2.21. The second-order valence-corrected chi connectivity index (χ2v) is 5.63. The minimum Gasteiger partial charge on any atom is -0.489 e. The lowest BCUT2D eigenvalue weighted by Crippen LogP contribution is -2.09. The molecule has 1 aliphatic carbocycles. The Morgan fingerprint density at radius 3 is 2.48 bits per heavy atom. The van der Waals surface area contributed by atoms with Gasteiger partial charge in [-0.1, -0.05) is 56.8 Å². The molecule has 0 aliphatic heterocycles. The average molecular weight is 284 g/mol. The van der Waals surface area contributed by atoms with Gasteiger partial charge in [0.2, 0.25) is 0 Å². The van der Waals surface area contributed by atoms with E-state index in [4.69, 9.17) is 9.47 Å². The van der Waals surface area contributed by atoms with E-state index in [2.05, 4.69) is 44.7 Å². The van der Waals surface area contributed by atoms with E-state index in [1.54, 1.807) is 7.11 Å². The third-order valence-corrected chi connectivity index (χ3v) is 4.00. The van der Waals surface area contributed by atoms with Gasteiger partial charge in [-0.15, -0.1) is 0 Å². The molecule has 0 aromatic heterocycles. The van der Waals surface area contributed by atoms with Crippen LogP contribution in [-0.4, -0.2) is 13.7 Å². The zero-order valence-electron chi connectivity index (χ0n) is 13.1. The fourth-order valence-electron chi connectivity index (χ4n) is 2.46. The van der Waals surface area contributed by atoms with Gasteiger partial charge in [-0.25, -0.2) is 0 Å². The molecule has 1 aromatic rings. The third kappa shape index (κ3) is 4.08. The fourth-order valence-corrected chi connectivity index (χ4v) is 2.46. The van der Waals surface area contributed by atoms with Gasteiger partial charge >= 0.3 is 0 Å². The summed E-state index contributed by atoms with van der Waals surface area (Å²) in [7, 11) is 1.72. The molecular formula is C19H24O2. The second kappa shape index (κ2) is 7.28. The molecule has 0 spiro atoms. The fraction of sp³-hybridized carbons (Fsp3) is 0.368. The van der Waals surface area contributed by atoms with Gasteiger partial charge in [0.1, 0.15) is 12.4 Å². The molecule has 0 saturated heterocycles. The first-order valence-corrected chi connectivity index (χ1v) is 7.39. The summed E-state index contributed by atoms with van der Waals surface area (Å²) in [5.74, 6) is 1.66. The van der Waals surface area contributed by atoms with Crippen LogP contribution in [0.5, 0.6) is 0 Å². The maximum absolute atomic E-state index is 6.02. The molecule has 0 amide bonds. The Labute approximate surface area is 127 Å². The highest BCUT2D eigenvalue weighted by molar-refractivity contribution is 5.37. The first-order chi connectivity index (χ1) is 10.1. The largest absolute Gasteiger partial charge is 0.489 e. The van der Waals surface area contributed by atoms with Crippen LogP contribution in [0.1, 0.15) is 19.4 Å². The van der Waals surface area contributed by atoms with Crippen molar-refractivity contribution in [1.82, 2.24) is 0 Å². The van der Waals surface area contributed by atoms with Crippen molar-refractivity contribution in [3.63, 3.8) is 0 Å². The molecule has 1 aromatic carbocycles. The van der Waals surface area contributed by atoms with Crippen LogP contribution in [0.15, 0.2) is 66.0 Å².